The summed E-state index contributed by atoms with van der Waals surface area (Å²) < 4.78 is 0. The maximum absolute atomic E-state index is 12.0. The molecule has 2 aromatic rings. The number of benzene rings is 2. The van der Waals surface area contributed by atoms with Gasteiger partial charge in [0.05, 0.1) is 15.7 Å². The molecule has 0 unspecified atom stereocenters. The summed E-state index contributed by atoms with van der Waals surface area (Å²) in [6.07, 6.45) is 0. The molecule has 2 aromatic carbocycles. The molecule has 2 amide bonds. The van der Waals surface area contributed by atoms with Crippen LogP contribution in [0.2, 0.25) is 10.0 Å². The van der Waals surface area contributed by atoms with E-state index in [1.807, 2.05) is 24.3 Å². The fourth-order valence-corrected chi connectivity index (χ4v) is 2.34. The third-order valence-electron chi connectivity index (χ3n) is 3.04. The molecule has 0 atom stereocenters. The van der Waals surface area contributed by atoms with Crippen LogP contribution in [0.1, 0.15) is 25.3 Å². The monoisotopic (exact) mass is 322 g/mol. The largest absolute Gasteiger partial charge is 0.323 e. The molecule has 0 aliphatic heterocycles. The van der Waals surface area contributed by atoms with E-state index in [1.54, 1.807) is 18.2 Å². The molecule has 0 bridgehead atoms. The van der Waals surface area contributed by atoms with Gasteiger partial charge in [0.1, 0.15) is 0 Å². The number of hydrogen-bond acceptors (Lipinski definition) is 1. The highest BCUT2D eigenvalue weighted by atomic mass is 35.5. The van der Waals surface area contributed by atoms with Gasteiger partial charge in [-0.15, -0.1) is 0 Å². The summed E-state index contributed by atoms with van der Waals surface area (Å²) in [5, 5.41) is 6.19. The van der Waals surface area contributed by atoms with E-state index >= 15 is 0 Å². The van der Waals surface area contributed by atoms with Crippen molar-refractivity contribution in [1.29, 1.82) is 0 Å². The van der Waals surface area contributed by atoms with Crippen molar-refractivity contribution in [2.45, 2.75) is 19.8 Å². The van der Waals surface area contributed by atoms with Crippen molar-refractivity contribution in [3.05, 3.63) is 58.1 Å². The predicted octanol–water partition coefficient (Wildman–Crippen LogP) is 5.76. The van der Waals surface area contributed by atoms with E-state index in [4.69, 9.17) is 23.2 Å². The van der Waals surface area contributed by atoms with Gasteiger partial charge in [0.2, 0.25) is 0 Å². The highest BCUT2D eigenvalue weighted by molar-refractivity contribution is 6.39. The van der Waals surface area contributed by atoms with Gasteiger partial charge >= 0.3 is 6.03 Å². The highest BCUT2D eigenvalue weighted by Crippen LogP contribution is 2.29. The number of para-hydroxylation sites is 1. The molecule has 0 fully saturated rings. The van der Waals surface area contributed by atoms with E-state index in [9.17, 15) is 4.79 Å². The number of urea groups is 1. The van der Waals surface area contributed by atoms with Gasteiger partial charge in [-0.2, -0.15) is 0 Å². The number of anilines is 2. The Morgan fingerprint density at radius 1 is 0.952 bits per heavy atom. The van der Waals surface area contributed by atoms with Gasteiger partial charge in [0.15, 0.2) is 0 Å². The third-order valence-corrected chi connectivity index (χ3v) is 3.67. The normalized spacial score (nSPS) is 10.5. The summed E-state index contributed by atoms with van der Waals surface area (Å²) in [6.45, 7) is 4.24. The molecular formula is C16H16Cl2N2O. The number of rotatable bonds is 3. The lowest BCUT2D eigenvalue weighted by Gasteiger charge is -2.11. The van der Waals surface area contributed by atoms with E-state index in [0.29, 0.717) is 27.3 Å². The molecule has 110 valence electrons. The zero-order chi connectivity index (χ0) is 15.4. The second-order valence-electron chi connectivity index (χ2n) is 4.95. The first-order chi connectivity index (χ1) is 9.97. The van der Waals surface area contributed by atoms with E-state index in [-0.39, 0.29) is 6.03 Å². The van der Waals surface area contributed by atoms with Crippen molar-refractivity contribution in [2.24, 2.45) is 0 Å². The van der Waals surface area contributed by atoms with E-state index in [1.165, 1.54) is 5.56 Å². The summed E-state index contributed by atoms with van der Waals surface area (Å²) in [5.74, 6) is 0.454. The van der Waals surface area contributed by atoms with Crippen LogP contribution in [0.15, 0.2) is 42.5 Å². The van der Waals surface area contributed by atoms with Crippen LogP contribution in [0.25, 0.3) is 0 Å². The fourth-order valence-electron chi connectivity index (χ4n) is 1.84. The second-order valence-corrected chi connectivity index (χ2v) is 5.77. The first kappa shape index (κ1) is 15.7. The molecule has 5 heteroatoms. The number of halogens is 2. The van der Waals surface area contributed by atoms with Crippen LogP contribution in [-0.2, 0) is 0 Å². The van der Waals surface area contributed by atoms with Crippen molar-refractivity contribution in [1.82, 2.24) is 0 Å². The van der Waals surface area contributed by atoms with Crippen molar-refractivity contribution in [3.63, 3.8) is 0 Å². The van der Waals surface area contributed by atoms with Crippen LogP contribution in [-0.4, -0.2) is 6.03 Å². The number of amides is 2. The predicted molar refractivity (Wildman–Crippen MR) is 89.6 cm³/mol. The Hall–Kier alpha value is -1.71. The first-order valence-corrected chi connectivity index (χ1v) is 7.35. The van der Waals surface area contributed by atoms with Gasteiger partial charge in [-0.05, 0) is 35.7 Å². The Bertz CT molecular complexity index is 619. The number of hydrogen-bond donors (Lipinski definition) is 2. The van der Waals surface area contributed by atoms with Crippen molar-refractivity contribution >= 4 is 40.6 Å². The van der Waals surface area contributed by atoms with Crippen LogP contribution in [0.3, 0.4) is 0 Å². The van der Waals surface area contributed by atoms with Gasteiger partial charge in [0, 0.05) is 5.69 Å². The zero-order valence-electron chi connectivity index (χ0n) is 11.8. The second kappa shape index (κ2) is 6.83. The Balaban J connectivity index is 2.05. The standard InChI is InChI=1S/C16H16Cl2N2O/c1-10(2)11-6-8-12(9-7-11)19-16(21)20-15-13(17)4-3-5-14(15)18/h3-10H,1-2H3,(H2,19,20,21). The van der Waals surface area contributed by atoms with Gasteiger partial charge in [-0.1, -0.05) is 55.2 Å². The smallest absolute Gasteiger partial charge is 0.308 e. The summed E-state index contributed by atoms with van der Waals surface area (Å²) in [6, 6.07) is 12.4. The Morgan fingerprint density at radius 3 is 2.05 bits per heavy atom. The quantitative estimate of drug-likeness (QED) is 0.740. The lowest BCUT2D eigenvalue weighted by atomic mass is 10.0. The summed E-state index contributed by atoms with van der Waals surface area (Å²) >= 11 is 12.0. The molecule has 0 radical (unpaired) electrons. The summed E-state index contributed by atoms with van der Waals surface area (Å²) in [7, 11) is 0. The third kappa shape index (κ3) is 4.13. The van der Waals surface area contributed by atoms with Gasteiger partial charge in [-0.25, -0.2) is 4.79 Å². The van der Waals surface area contributed by atoms with Gasteiger partial charge in [-0.3, -0.25) is 0 Å². The Kier molecular flexibility index (Phi) is 5.10. The van der Waals surface area contributed by atoms with Crippen molar-refractivity contribution in [2.75, 3.05) is 10.6 Å². The Morgan fingerprint density at radius 2 is 1.52 bits per heavy atom. The molecule has 0 aliphatic carbocycles. The molecule has 0 spiro atoms. The van der Waals surface area contributed by atoms with Crippen LogP contribution in [0.5, 0.6) is 0 Å². The van der Waals surface area contributed by atoms with Crippen LogP contribution in [0.4, 0.5) is 16.2 Å². The van der Waals surface area contributed by atoms with Crippen molar-refractivity contribution < 1.29 is 4.79 Å². The highest BCUT2D eigenvalue weighted by Gasteiger charge is 2.09. The minimum absolute atomic E-state index is 0.387. The minimum Gasteiger partial charge on any atom is -0.308 e. The number of carbonyl (C=O) groups is 1. The molecule has 2 N–H and O–H groups in total. The minimum atomic E-state index is -0.387. The molecular weight excluding hydrogens is 307 g/mol. The maximum atomic E-state index is 12.0. The maximum Gasteiger partial charge on any atom is 0.323 e. The molecule has 0 aliphatic rings. The molecule has 0 heterocycles. The molecule has 21 heavy (non-hydrogen) atoms. The van der Waals surface area contributed by atoms with Gasteiger partial charge in [0.25, 0.3) is 0 Å². The van der Waals surface area contributed by atoms with Gasteiger partial charge < -0.3 is 10.6 Å². The topological polar surface area (TPSA) is 41.1 Å². The lowest BCUT2D eigenvalue weighted by Crippen LogP contribution is -2.19. The number of nitrogens with one attached hydrogen (secondary N) is 2. The molecule has 3 nitrogen and oxygen atoms in total. The number of carbonyl (C=O) groups excluding carboxylic acids is 1. The van der Waals surface area contributed by atoms with Crippen molar-refractivity contribution in [3.8, 4) is 0 Å². The van der Waals surface area contributed by atoms with E-state index in [2.05, 4.69) is 24.5 Å². The van der Waals surface area contributed by atoms with Crippen LogP contribution in [0, 0.1) is 0 Å². The molecule has 0 saturated carbocycles. The molecule has 0 aromatic heterocycles. The van der Waals surface area contributed by atoms with Crippen LogP contribution >= 0.6 is 23.2 Å². The Labute approximate surface area is 134 Å². The first-order valence-electron chi connectivity index (χ1n) is 6.59. The SMILES string of the molecule is CC(C)c1ccc(NC(=O)Nc2c(Cl)cccc2Cl)cc1. The van der Waals surface area contributed by atoms with E-state index < -0.39 is 0 Å². The fraction of sp³-hybridized carbons (Fsp3) is 0.188. The zero-order valence-corrected chi connectivity index (χ0v) is 13.3. The van der Waals surface area contributed by atoms with E-state index in [0.717, 1.165) is 0 Å². The lowest BCUT2D eigenvalue weighted by molar-refractivity contribution is 0.262. The molecule has 0 saturated heterocycles. The summed E-state index contributed by atoms with van der Waals surface area (Å²) in [4.78, 5) is 12.0. The average Bonchev–Trinajstić information content (AvgIpc) is 2.43. The van der Waals surface area contributed by atoms with Crippen LogP contribution < -0.4 is 10.6 Å². The average molecular weight is 323 g/mol. The molecule has 2 rings (SSSR count). The summed E-state index contributed by atoms with van der Waals surface area (Å²) in [5.41, 5.74) is 2.33.